The predicted octanol–water partition coefficient (Wildman–Crippen LogP) is 2.69. The third kappa shape index (κ3) is 2.67. The van der Waals surface area contributed by atoms with Gasteiger partial charge in [-0.25, -0.2) is 8.78 Å². The third-order valence-electron chi connectivity index (χ3n) is 1.78. The van der Waals surface area contributed by atoms with Crippen molar-refractivity contribution >= 4 is 28.2 Å². The van der Waals surface area contributed by atoms with Gasteiger partial charge in [0, 0.05) is 11.3 Å². The highest BCUT2D eigenvalue weighted by atomic mass is 32.2. The van der Waals surface area contributed by atoms with E-state index in [1.165, 1.54) is 29.2 Å². The average Bonchev–Trinajstić information content (AvgIpc) is 2.66. The fourth-order valence-corrected chi connectivity index (χ4v) is 2.68. The Hall–Kier alpha value is -1.21. The molecule has 7 heteroatoms. The van der Waals surface area contributed by atoms with Crippen molar-refractivity contribution in [3.05, 3.63) is 35.4 Å². The van der Waals surface area contributed by atoms with Crippen molar-refractivity contribution in [2.24, 2.45) is 0 Å². The number of rotatable bonds is 3. The van der Waals surface area contributed by atoms with Gasteiger partial charge in [-0.1, -0.05) is 23.1 Å². The Kier molecular flexibility index (Phi) is 3.35. The second kappa shape index (κ2) is 4.75. The summed E-state index contributed by atoms with van der Waals surface area (Å²) in [5.41, 5.74) is 5.70. The number of halogens is 2. The van der Waals surface area contributed by atoms with Crippen molar-refractivity contribution in [2.75, 3.05) is 5.73 Å². The van der Waals surface area contributed by atoms with Crippen LogP contribution in [0.3, 0.4) is 0 Å². The summed E-state index contributed by atoms with van der Waals surface area (Å²) in [4.78, 5) is 0. The average molecular weight is 259 g/mol. The zero-order chi connectivity index (χ0) is 11.5. The molecular formula is C9H7F2N3S2. The maximum Gasteiger partial charge on any atom is 0.203 e. The monoisotopic (exact) mass is 259 g/mol. The van der Waals surface area contributed by atoms with Crippen LogP contribution in [0.1, 0.15) is 5.56 Å². The summed E-state index contributed by atoms with van der Waals surface area (Å²) in [5, 5.41) is 7.76. The highest BCUT2D eigenvalue weighted by Crippen LogP contribution is 2.27. The van der Waals surface area contributed by atoms with Crippen LogP contribution in [0.15, 0.2) is 22.5 Å². The molecular weight excluding hydrogens is 252 g/mol. The van der Waals surface area contributed by atoms with E-state index in [2.05, 4.69) is 10.2 Å². The van der Waals surface area contributed by atoms with Crippen LogP contribution in [0, 0.1) is 11.6 Å². The third-order valence-corrected chi connectivity index (χ3v) is 3.72. The van der Waals surface area contributed by atoms with Gasteiger partial charge in [0.05, 0.1) is 0 Å². The zero-order valence-electron chi connectivity index (χ0n) is 7.98. The van der Waals surface area contributed by atoms with Crippen molar-refractivity contribution in [1.82, 2.24) is 10.2 Å². The number of hydrogen-bond acceptors (Lipinski definition) is 5. The molecule has 3 nitrogen and oxygen atoms in total. The number of nitrogens with zero attached hydrogens (tertiary/aromatic N) is 2. The molecule has 2 N–H and O–H groups in total. The van der Waals surface area contributed by atoms with Gasteiger partial charge in [0.25, 0.3) is 0 Å². The Bertz CT molecular complexity index is 501. The summed E-state index contributed by atoms with van der Waals surface area (Å²) in [6.45, 7) is 0. The van der Waals surface area contributed by atoms with Crippen LogP contribution in [0.25, 0.3) is 0 Å². The van der Waals surface area contributed by atoms with Crippen molar-refractivity contribution in [1.29, 1.82) is 0 Å². The molecule has 0 atom stereocenters. The van der Waals surface area contributed by atoms with E-state index in [1.807, 2.05) is 0 Å². The lowest BCUT2D eigenvalue weighted by Crippen LogP contribution is -1.89. The van der Waals surface area contributed by atoms with Crippen LogP contribution >= 0.6 is 23.1 Å². The number of thioether (sulfide) groups is 1. The van der Waals surface area contributed by atoms with E-state index < -0.39 is 11.6 Å². The van der Waals surface area contributed by atoms with E-state index >= 15 is 0 Å². The molecule has 0 saturated carbocycles. The Balaban J connectivity index is 2.07. The quantitative estimate of drug-likeness (QED) is 0.861. The van der Waals surface area contributed by atoms with Gasteiger partial charge in [-0.3, -0.25) is 0 Å². The number of nitrogen functional groups attached to an aromatic ring is 1. The molecule has 0 spiro atoms. The molecule has 0 aliphatic rings. The first-order chi connectivity index (χ1) is 7.65. The van der Waals surface area contributed by atoms with Crippen molar-refractivity contribution < 1.29 is 8.78 Å². The molecule has 0 amide bonds. The summed E-state index contributed by atoms with van der Waals surface area (Å²) >= 11 is 2.49. The van der Waals surface area contributed by atoms with Crippen LogP contribution in [-0.2, 0) is 5.75 Å². The lowest BCUT2D eigenvalue weighted by atomic mass is 10.2. The minimum absolute atomic E-state index is 0.304. The fraction of sp³-hybridized carbons (Fsp3) is 0.111. The molecule has 0 radical (unpaired) electrons. The molecule has 1 heterocycles. The van der Waals surface area contributed by atoms with Gasteiger partial charge in [0.1, 0.15) is 11.6 Å². The Morgan fingerprint density at radius 2 is 2.12 bits per heavy atom. The molecule has 0 fully saturated rings. The molecule has 0 aliphatic heterocycles. The van der Waals surface area contributed by atoms with Crippen molar-refractivity contribution in [2.45, 2.75) is 10.1 Å². The van der Waals surface area contributed by atoms with E-state index in [0.717, 1.165) is 12.1 Å². The van der Waals surface area contributed by atoms with Gasteiger partial charge in [-0.05, 0) is 18.2 Å². The van der Waals surface area contributed by atoms with E-state index in [1.54, 1.807) is 0 Å². The summed E-state index contributed by atoms with van der Waals surface area (Å²) < 4.78 is 26.7. The Morgan fingerprint density at radius 1 is 1.31 bits per heavy atom. The van der Waals surface area contributed by atoms with Crippen molar-refractivity contribution in [3.63, 3.8) is 0 Å². The molecule has 1 aromatic carbocycles. The molecule has 16 heavy (non-hydrogen) atoms. The summed E-state index contributed by atoms with van der Waals surface area (Å²) in [6, 6.07) is 3.37. The lowest BCUT2D eigenvalue weighted by molar-refractivity contribution is 0.591. The van der Waals surface area contributed by atoms with Crippen LogP contribution < -0.4 is 5.73 Å². The topological polar surface area (TPSA) is 51.8 Å². The van der Waals surface area contributed by atoms with Gasteiger partial charge in [-0.15, -0.1) is 10.2 Å². The number of nitrogens with two attached hydrogens (primary N) is 1. The number of hydrogen-bond donors (Lipinski definition) is 1. The number of benzene rings is 1. The van der Waals surface area contributed by atoms with E-state index in [-0.39, 0.29) is 0 Å². The van der Waals surface area contributed by atoms with Crippen LogP contribution in [0.2, 0.25) is 0 Å². The molecule has 0 aliphatic carbocycles. The Labute approximate surface area is 98.7 Å². The van der Waals surface area contributed by atoms with Gasteiger partial charge in [0.15, 0.2) is 4.34 Å². The smallest absolute Gasteiger partial charge is 0.203 e. The highest BCUT2D eigenvalue weighted by molar-refractivity contribution is 8.00. The summed E-state index contributed by atoms with van der Waals surface area (Å²) in [7, 11) is 0. The number of aromatic nitrogens is 2. The summed E-state index contributed by atoms with van der Waals surface area (Å²) in [5.74, 6) is -0.571. The van der Waals surface area contributed by atoms with E-state index in [9.17, 15) is 8.78 Å². The van der Waals surface area contributed by atoms with Gasteiger partial charge in [-0.2, -0.15) is 0 Å². The SMILES string of the molecule is Nc1nnc(SCc2cc(F)ccc2F)s1. The first-order valence-electron chi connectivity index (χ1n) is 4.31. The molecule has 84 valence electrons. The second-order valence-electron chi connectivity index (χ2n) is 2.93. The van der Waals surface area contributed by atoms with Crippen LogP contribution in [0.4, 0.5) is 13.9 Å². The van der Waals surface area contributed by atoms with E-state index in [0.29, 0.717) is 20.8 Å². The first kappa shape index (κ1) is 11.3. The van der Waals surface area contributed by atoms with Gasteiger partial charge in [0.2, 0.25) is 5.13 Å². The van der Waals surface area contributed by atoms with Crippen molar-refractivity contribution in [3.8, 4) is 0 Å². The van der Waals surface area contributed by atoms with Gasteiger partial charge < -0.3 is 5.73 Å². The predicted molar refractivity (Wildman–Crippen MR) is 60.2 cm³/mol. The van der Waals surface area contributed by atoms with Gasteiger partial charge >= 0.3 is 0 Å². The zero-order valence-corrected chi connectivity index (χ0v) is 9.62. The molecule has 1 aromatic heterocycles. The summed E-state index contributed by atoms with van der Waals surface area (Å²) in [6.07, 6.45) is 0. The molecule has 0 saturated heterocycles. The Morgan fingerprint density at radius 3 is 2.81 bits per heavy atom. The lowest BCUT2D eigenvalue weighted by Gasteiger charge is -2.00. The maximum absolute atomic E-state index is 13.2. The van der Waals surface area contributed by atoms with E-state index in [4.69, 9.17) is 5.73 Å². The maximum atomic E-state index is 13.2. The van der Waals surface area contributed by atoms with Crippen LogP contribution in [-0.4, -0.2) is 10.2 Å². The molecule has 0 bridgehead atoms. The number of anilines is 1. The molecule has 0 unspecified atom stereocenters. The fourth-order valence-electron chi connectivity index (χ4n) is 1.07. The highest BCUT2D eigenvalue weighted by Gasteiger charge is 2.07. The largest absolute Gasteiger partial charge is 0.374 e. The minimum Gasteiger partial charge on any atom is -0.374 e. The normalized spacial score (nSPS) is 10.6. The standard InChI is InChI=1S/C9H7F2N3S2/c10-6-1-2-7(11)5(3-6)4-15-9-14-13-8(12)16-9/h1-3H,4H2,(H2,12,13). The first-order valence-corrected chi connectivity index (χ1v) is 6.11. The van der Waals surface area contributed by atoms with Crippen LogP contribution in [0.5, 0.6) is 0 Å². The minimum atomic E-state index is -0.450. The molecule has 2 aromatic rings. The molecule has 2 rings (SSSR count). The second-order valence-corrected chi connectivity index (χ2v) is 5.16.